The molecule has 82 heavy (non-hydrogen) atoms. The molecule has 1 amide bonds. The molecule has 490 valence electrons. The Morgan fingerprint density at radius 1 is 0.280 bits per heavy atom. The van der Waals surface area contributed by atoms with E-state index in [9.17, 15) is 15.0 Å². The Morgan fingerprint density at radius 3 is 0.671 bits per heavy atom. The molecule has 0 aliphatic rings. The van der Waals surface area contributed by atoms with Crippen LogP contribution >= 0.6 is 0 Å². The molecule has 0 aromatic heterocycles. The molecule has 0 spiro atoms. The number of carbonyl (C=O) groups is 1. The van der Waals surface area contributed by atoms with E-state index in [0.29, 0.717) is 12.8 Å². The number of aliphatic hydroxyl groups excluding tert-OH is 2. The van der Waals surface area contributed by atoms with E-state index in [-0.39, 0.29) is 12.5 Å². The fourth-order valence-corrected chi connectivity index (χ4v) is 12.9. The third-order valence-corrected chi connectivity index (χ3v) is 18.8. The van der Waals surface area contributed by atoms with Crippen molar-refractivity contribution in [2.75, 3.05) is 6.61 Å². The predicted molar refractivity (Wildman–Crippen MR) is 369 cm³/mol. The first kappa shape index (κ1) is 81.1. The number of hydrogen-bond acceptors (Lipinski definition) is 3. The van der Waals surface area contributed by atoms with Crippen molar-refractivity contribution in [2.24, 2.45) is 0 Å². The lowest BCUT2D eigenvalue weighted by atomic mass is 10.0. The largest absolute Gasteiger partial charge is 0.394 e. The maximum atomic E-state index is 12.6. The molecule has 2 atom stereocenters. The Hall–Kier alpha value is -0.870. The van der Waals surface area contributed by atoms with Gasteiger partial charge in [0.05, 0.1) is 18.8 Å². The van der Waals surface area contributed by atoms with E-state index >= 15 is 0 Å². The van der Waals surface area contributed by atoms with Crippen molar-refractivity contribution >= 4 is 5.91 Å². The molecule has 0 aliphatic carbocycles. The van der Waals surface area contributed by atoms with Crippen LogP contribution in [-0.2, 0) is 4.79 Å². The van der Waals surface area contributed by atoms with Gasteiger partial charge >= 0.3 is 0 Å². The average molecular weight is 1160 g/mol. The second-order valence-corrected chi connectivity index (χ2v) is 27.1. The average Bonchev–Trinajstić information content (AvgIpc) is 3.50. The van der Waals surface area contributed by atoms with Crippen molar-refractivity contribution in [2.45, 2.75) is 475 Å². The predicted octanol–water partition coefficient (Wildman–Crippen LogP) is 26.7. The van der Waals surface area contributed by atoms with Gasteiger partial charge in [-0.05, 0) is 38.5 Å². The van der Waals surface area contributed by atoms with Crippen molar-refractivity contribution in [3.05, 3.63) is 12.2 Å². The highest BCUT2D eigenvalue weighted by atomic mass is 16.3. The van der Waals surface area contributed by atoms with Crippen LogP contribution in [0.5, 0.6) is 0 Å². The number of unbranched alkanes of at least 4 members (excludes halogenated alkanes) is 65. The summed E-state index contributed by atoms with van der Waals surface area (Å²) in [7, 11) is 0. The minimum Gasteiger partial charge on any atom is -0.394 e. The fourth-order valence-electron chi connectivity index (χ4n) is 12.9. The maximum Gasteiger partial charge on any atom is 0.220 e. The molecule has 4 heteroatoms. The van der Waals surface area contributed by atoms with Crippen LogP contribution in [0.15, 0.2) is 12.2 Å². The number of carbonyl (C=O) groups excluding carboxylic acids is 1. The van der Waals surface area contributed by atoms with Gasteiger partial charge in [0.2, 0.25) is 5.91 Å². The first-order valence-corrected chi connectivity index (χ1v) is 38.9. The molecule has 0 fully saturated rings. The van der Waals surface area contributed by atoms with Gasteiger partial charge in [-0.25, -0.2) is 0 Å². The Kier molecular flexibility index (Phi) is 73.6. The molecule has 0 aromatic rings. The number of allylic oxidation sites excluding steroid dienone is 2. The Bertz CT molecular complexity index is 1170. The van der Waals surface area contributed by atoms with Crippen LogP contribution in [0, 0.1) is 0 Å². The summed E-state index contributed by atoms with van der Waals surface area (Å²) in [4.78, 5) is 12.6. The minimum atomic E-state index is -0.658. The first-order chi connectivity index (χ1) is 40.7. The molecular weight excluding hydrogens is 999 g/mol. The summed E-state index contributed by atoms with van der Waals surface area (Å²) < 4.78 is 0. The van der Waals surface area contributed by atoms with Gasteiger partial charge in [0.25, 0.3) is 0 Å². The maximum absolute atomic E-state index is 12.6. The Labute approximate surface area is 517 Å². The van der Waals surface area contributed by atoms with Gasteiger partial charge in [0.15, 0.2) is 0 Å². The van der Waals surface area contributed by atoms with Crippen LogP contribution < -0.4 is 5.32 Å². The molecule has 0 aromatic carbocycles. The quantitative estimate of drug-likeness (QED) is 0.0420. The van der Waals surface area contributed by atoms with Crippen LogP contribution in [-0.4, -0.2) is 34.9 Å². The van der Waals surface area contributed by atoms with Crippen LogP contribution in [0.1, 0.15) is 463 Å². The van der Waals surface area contributed by atoms with E-state index < -0.39 is 12.1 Å². The monoisotopic (exact) mass is 1150 g/mol. The van der Waals surface area contributed by atoms with E-state index in [1.54, 1.807) is 0 Å². The Balaban J connectivity index is 3.34. The number of hydrogen-bond donors (Lipinski definition) is 3. The SMILES string of the molecule is CCCCCCCCCC/C=C\CCCCCCCCCCCCCCCCCCCCCCCCCCCC(=O)NC(CO)C(O)CCCCCCCCCCCCCCCCCCCCCCCCCCCCCCCCCCC. The normalized spacial score (nSPS) is 12.6. The smallest absolute Gasteiger partial charge is 0.220 e. The summed E-state index contributed by atoms with van der Waals surface area (Å²) in [6, 6.07) is -0.535. The van der Waals surface area contributed by atoms with Gasteiger partial charge in [0, 0.05) is 6.42 Å². The van der Waals surface area contributed by atoms with Crippen LogP contribution in [0.4, 0.5) is 0 Å². The highest BCUT2D eigenvalue weighted by Gasteiger charge is 2.20. The topological polar surface area (TPSA) is 69.6 Å². The standard InChI is InChI=1S/C78H155NO3/c1-3-5-7-9-11-13-15-17-19-21-23-25-27-29-31-33-35-37-38-39-40-42-44-46-48-50-52-54-56-58-60-62-64-66-68-70-72-74-78(82)79-76(75-80)77(81)73-71-69-67-65-63-61-59-57-55-53-51-49-47-45-43-41-36-34-32-30-28-26-24-22-20-18-16-14-12-10-8-6-4-2/h21,23,76-77,80-81H,3-20,22,24-75H2,1-2H3,(H,79,82)/b23-21-. The summed E-state index contributed by atoms with van der Waals surface area (Å²) in [5.41, 5.74) is 0. The van der Waals surface area contributed by atoms with Crippen molar-refractivity contribution < 1.29 is 15.0 Å². The van der Waals surface area contributed by atoms with Gasteiger partial charge in [-0.2, -0.15) is 0 Å². The molecule has 0 radical (unpaired) electrons. The zero-order chi connectivity index (χ0) is 59.1. The van der Waals surface area contributed by atoms with Gasteiger partial charge < -0.3 is 15.5 Å². The highest BCUT2D eigenvalue weighted by molar-refractivity contribution is 5.76. The molecular formula is C78H155NO3. The van der Waals surface area contributed by atoms with E-state index in [2.05, 4.69) is 31.3 Å². The third-order valence-electron chi connectivity index (χ3n) is 18.8. The first-order valence-electron chi connectivity index (χ1n) is 38.9. The Morgan fingerprint density at radius 2 is 0.463 bits per heavy atom. The number of amides is 1. The fraction of sp³-hybridized carbons (Fsp3) is 0.962. The summed E-state index contributed by atoms with van der Waals surface area (Å²) in [6.07, 6.45) is 100. The second-order valence-electron chi connectivity index (χ2n) is 27.1. The van der Waals surface area contributed by atoms with E-state index in [4.69, 9.17) is 0 Å². The highest BCUT2D eigenvalue weighted by Crippen LogP contribution is 2.21. The number of nitrogens with one attached hydrogen (secondary N) is 1. The molecule has 0 bridgehead atoms. The molecule has 4 nitrogen and oxygen atoms in total. The molecule has 0 rings (SSSR count). The molecule has 2 unspecified atom stereocenters. The van der Waals surface area contributed by atoms with Crippen molar-refractivity contribution in [3.63, 3.8) is 0 Å². The zero-order valence-corrected chi connectivity index (χ0v) is 56.8. The van der Waals surface area contributed by atoms with Crippen LogP contribution in [0.25, 0.3) is 0 Å². The summed E-state index contributed by atoms with van der Waals surface area (Å²) in [5, 5.41) is 23.5. The van der Waals surface area contributed by atoms with Crippen LogP contribution in [0.2, 0.25) is 0 Å². The molecule has 3 N–H and O–H groups in total. The molecule has 0 aliphatic heterocycles. The van der Waals surface area contributed by atoms with Crippen molar-refractivity contribution in [1.82, 2.24) is 5.32 Å². The van der Waals surface area contributed by atoms with Gasteiger partial charge in [0.1, 0.15) is 0 Å². The molecule has 0 saturated heterocycles. The molecule has 0 heterocycles. The summed E-state index contributed by atoms with van der Waals surface area (Å²) in [6.45, 7) is 4.42. The minimum absolute atomic E-state index is 0.0191. The van der Waals surface area contributed by atoms with E-state index in [0.717, 1.165) is 25.7 Å². The summed E-state index contributed by atoms with van der Waals surface area (Å²) in [5.74, 6) is -0.0191. The van der Waals surface area contributed by atoms with Crippen molar-refractivity contribution in [3.8, 4) is 0 Å². The number of aliphatic hydroxyl groups is 2. The van der Waals surface area contributed by atoms with E-state index in [1.165, 1.54) is 411 Å². The lowest BCUT2D eigenvalue weighted by Gasteiger charge is -2.22. The second kappa shape index (κ2) is 74.4. The zero-order valence-electron chi connectivity index (χ0n) is 56.8. The molecule has 0 saturated carbocycles. The lowest BCUT2D eigenvalue weighted by molar-refractivity contribution is -0.123. The van der Waals surface area contributed by atoms with Crippen LogP contribution in [0.3, 0.4) is 0 Å². The number of rotatable bonds is 74. The van der Waals surface area contributed by atoms with Gasteiger partial charge in [-0.1, -0.05) is 431 Å². The van der Waals surface area contributed by atoms with Crippen molar-refractivity contribution in [1.29, 1.82) is 0 Å². The van der Waals surface area contributed by atoms with E-state index in [1.807, 2.05) is 0 Å². The third kappa shape index (κ3) is 69.9. The summed E-state index contributed by atoms with van der Waals surface area (Å²) >= 11 is 0. The van der Waals surface area contributed by atoms with Gasteiger partial charge in [-0.15, -0.1) is 0 Å². The lowest BCUT2D eigenvalue weighted by Crippen LogP contribution is -2.45. The van der Waals surface area contributed by atoms with Gasteiger partial charge in [-0.3, -0.25) is 4.79 Å².